The molecule has 1 saturated heterocycles. The lowest BCUT2D eigenvalue weighted by molar-refractivity contribution is -0.140. The zero-order valence-electron chi connectivity index (χ0n) is 22.3. The van der Waals surface area contributed by atoms with Crippen LogP contribution in [0.1, 0.15) is 38.2 Å². The second-order valence-electron chi connectivity index (χ2n) is 9.71. The van der Waals surface area contributed by atoms with E-state index >= 15 is 0 Å². The van der Waals surface area contributed by atoms with Crippen molar-refractivity contribution < 1.29 is 28.3 Å². The minimum absolute atomic E-state index is 0.111. The highest BCUT2D eigenvalue weighted by Crippen LogP contribution is 2.28. The summed E-state index contributed by atoms with van der Waals surface area (Å²) in [5, 5.41) is 8.56. The third kappa shape index (κ3) is 5.51. The van der Waals surface area contributed by atoms with Gasteiger partial charge in [0, 0.05) is 29.8 Å². The first kappa shape index (κ1) is 27.3. The Hall–Kier alpha value is -4.88. The van der Waals surface area contributed by atoms with Crippen LogP contribution in [0.2, 0.25) is 0 Å². The van der Waals surface area contributed by atoms with E-state index in [1.54, 1.807) is 53.9 Å². The van der Waals surface area contributed by atoms with Gasteiger partial charge in [0.25, 0.3) is 17.7 Å². The first-order valence-corrected chi connectivity index (χ1v) is 14.1. The third-order valence-electron chi connectivity index (χ3n) is 7.13. The quantitative estimate of drug-likeness (QED) is 0.293. The van der Waals surface area contributed by atoms with Crippen molar-refractivity contribution in [3.8, 4) is 0 Å². The highest BCUT2D eigenvalue weighted by atomic mass is 32.1. The lowest BCUT2D eigenvalue weighted by atomic mass is 10.1. The van der Waals surface area contributed by atoms with E-state index in [4.69, 9.17) is 9.15 Å². The maximum atomic E-state index is 13.9. The molecule has 2 aromatic carbocycles. The Morgan fingerprint density at radius 3 is 2.31 bits per heavy atom. The van der Waals surface area contributed by atoms with Crippen LogP contribution in [0.15, 0.2) is 76.7 Å². The number of aromatic nitrogens is 2. The van der Waals surface area contributed by atoms with Crippen LogP contribution >= 0.6 is 11.5 Å². The molecule has 2 aliphatic rings. The Morgan fingerprint density at radius 2 is 1.69 bits per heavy atom. The van der Waals surface area contributed by atoms with Gasteiger partial charge >= 0.3 is 0 Å². The van der Waals surface area contributed by atoms with Gasteiger partial charge in [0.1, 0.15) is 18.0 Å². The summed E-state index contributed by atoms with van der Waals surface area (Å²) in [7, 11) is 0. The third-order valence-corrected chi connectivity index (χ3v) is 7.65. The average molecular weight is 587 g/mol. The van der Waals surface area contributed by atoms with Gasteiger partial charge in [-0.15, -0.1) is 5.10 Å². The normalized spacial score (nSPS) is 15.4. The van der Waals surface area contributed by atoms with Crippen molar-refractivity contribution in [2.45, 2.75) is 12.6 Å². The zero-order valence-corrected chi connectivity index (χ0v) is 23.2. The largest absolute Gasteiger partial charge is 0.467 e. The van der Waals surface area contributed by atoms with E-state index in [1.807, 2.05) is 12.1 Å². The van der Waals surface area contributed by atoms with Gasteiger partial charge in [0.15, 0.2) is 6.04 Å². The Bertz CT molecular complexity index is 1550. The second kappa shape index (κ2) is 11.9. The number of imide groups is 1. The molecule has 0 aliphatic carbocycles. The van der Waals surface area contributed by atoms with Gasteiger partial charge in [0.05, 0.1) is 37.1 Å². The highest BCUT2D eigenvalue weighted by Gasteiger charge is 2.40. The summed E-state index contributed by atoms with van der Waals surface area (Å²) in [6.07, 6.45) is 1.46. The predicted molar refractivity (Wildman–Crippen MR) is 152 cm³/mol. The molecule has 4 amide bonds. The fourth-order valence-corrected chi connectivity index (χ4v) is 5.49. The van der Waals surface area contributed by atoms with E-state index < -0.39 is 36.2 Å². The maximum absolute atomic E-state index is 13.9. The minimum atomic E-state index is -1.23. The zero-order chi connectivity index (χ0) is 29.1. The number of furan rings is 1. The van der Waals surface area contributed by atoms with Gasteiger partial charge in [-0.2, -0.15) is 0 Å². The molecule has 0 spiro atoms. The highest BCUT2D eigenvalue weighted by molar-refractivity contribution is 7.03. The van der Waals surface area contributed by atoms with Gasteiger partial charge in [0.2, 0.25) is 5.91 Å². The number of carbonyl (C=O) groups is 4. The summed E-state index contributed by atoms with van der Waals surface area (Å²) in [6.45, 7) is 2.19. The summed E-state index contributed by atoms with van der Waals surface area (Å²) >= 11 is 1.03. The summed E-state index contributed by atoms with van der Waals surface area (Å²) in [5.74, 6) is -1.92. The number of fused-ring (bicyclic) bond motifs is 1. The van der Waals surface area contributed by atoms with E-state index in [0.29, 0.717) is 24.7 Å². The van der Waals surface area contributed by atoms with Crippen molar-refractivity contribution in [3.05, 3.63) is 94.9 Å². The molecular formula is C29H26N6O6S. The number of hydrogen-bond acceptors (Lipinski definition) is 10. The number of ether oxygens (including phenoxy) is 1. The SMILES string of the molecule is O=C(Nc1ccc(N2CCOCC2)cc1)[C@@H](c1csnn1)N(Cc1ccco1)C(=O)CN1C(=O)c2ccccc2C1=O. The molecule has 2 aliphatic heterocycles. The van der Waals surface area contributed by atoms with Crippen LogP contribution < -0.4 is 10.2 Å². The second-order valence-corrected chi connectivity index (χ2v) is 10.3. The van der Waals surface area contributed by atoms with Crippen molar-refractivity contribution in [1.82, 2.24) is 19.4 Å². The molecule has 0 bridgehead atoms. The average Bonchev–Trinajstić information content (AvgIpc) is 3.78. The number of morpholine rings is 1. The van der Waals surface area contributed by atoms with E-state index in [1.165, 1.54) is 11.2 Å². The molecule has 13 heteroatoms. The van der Waals surface area contributed by atoms with Crippen LogP contribution in [0.5, 0.6) is 0 Å². The maximum Gasteiger partial charge on any atom is 0.262 e. The van der Waals surface area contributed by atoms with E-state index in [0.717, 1.165) is 35.2 Å². The lowest BCUT2D eigenvalue weighted by Crippen LogP contribution is -2.46. The van der Waals surface area contributed by atoms with Gasteiger partial charge in [-0.1, -0.05) is 16.6 Å². The fourth-order valence-electron chi connectivity index (χ4n) is 5.02. The molecule has 42 heavy (non-hydrogen) atoms. The number of nitrogens with one attached hydrogen (secondary N) is 1. The number of carbonyl (C=O) groups excluding carboxylic acids is 4. The molecular weight excluding hydrogens is 560 g/mol. The van der Waals surface area contributed by atoms with Crippen LogP contribution in [-0.4, -0.2) is 75.9 Å². The Morgan fingerprint density at radius 1 is 0.976 bits per heavy atom. The molecule has 1 fully saturated rings. The van der Waals surface area contributed by atoms with Gasteiger partial charge in [-0.25, -0.2) is 0 Å². The smallest absolute Gasteiger partial charge is 0.262 e. The van der Waals surface area contributed by atoms with Crippen LogP contribution in [0.4, 0.5) is 11.4 Å². The number of amides is 4. The number of hydrogen-bond donors (Lipinski definition) is 1. The molecule has 1 N–H and O–H groups in total. The lowest BCUT2D eigenvalue weighted by Gasteiger charge is -2.30. The Balaban J connectivity index is 1.26. The van der Waals surface area contributed by atoms with Crippen molar-refractivity contribution in [3.63, 3.8) is 0 Å². The molecule has 0 unspecified atom stereocenters. The van der Waals surface area contributed by atoms with Crippen molar-refractivity contribution in [1.29, 1.82) is 0 Å². The molecule has 0 radical (unpaired) electrons. The van der Waals surface area contributed by atoms with Crippen LogP contribution in [0.25, 0.3) is 0 Å². The first-order chi connectivity index (χ1) is 20.5. The van der Waals surface area contributed by atoms with Crippen LogP contribution in [-0.2, 0) is 20.9 Å². The van der Waals surface area contributed by atoms with Crippen molar-refractivity contribution in [2.24, 2.45) is 0 Å². The molecule has 214 valence electrons. The fraction of sp³-hybridized carbons (Fsp3) is 0.241. The van der Waals surface area contributed by atoms with Crippen molar-refractivity contribution >= 4 is 46.5 Å². The monoisotopic (exact) mass is 586 g/mol. The number of rotatable bonds is 9. The van der Waals surface area contributed by atoms with Crippen LogP contribution in [0, 0.1) is 0 Å². The minimum Gasteiger partial charge on any atom is -0.467 e. The molecule has 2 aromatic heterocycles. The predicted octanol–water partition coefficient (Wildman–Crippen LogP) is 2.97. The molecule has 0 saturated carbocycles. The molecule has 1 atom stereocenters. The molecule has 12 nitrogen and oxygen atoms in total. The Kier molecular flexibility index (Phi) is 7.75. The van der Waals surface area contributed by atoms with E-state index in [9.17, 15) is 19.2 Å². The summed E-state index contributed by atoms with van der Waals surface area (Å²) in [4.78, 5) is 58.1. The summed E-state index contributed by atoms with van der Waals surface area (Å²) < 4.78 is 14.8. The Labute approximate surface area is 244 Å². The number of anilines is 2. The van der Waals surface area contributed by atoms with Crippen LogP contribution in [0.3, 0.4) is 0 Å². The topological polar surface area (TPSA) is 138 Å². The van der Waals surface area contributed by atoms with Gasteiger partial charge in [-0.3, -0.25) is 24.1 Å². The molecule has 4 aromatic rings. The van der Waals surface area contributed by atoms with E-state index in [-0.39, 0.29) is 23.4 Å². The molecule has 4 heterocycles. The van der Waals surface area contributed by atoms with E-state index in [2.05, 4.69) is 19.8 Å². The summed E-state index contributed by atoms with van der Waals surface area (Å²) in [6, 6.07) is 15.9. The van der Waals surface area contributed by atoms with Crippen molar-refractivity contribution in [2.75, 3.05) is 43.1 Å². The standard InChI is InChI=1S/C29H26N6O6S/c36-25(17-35-28(38)22-5-1-2-6-23(22)29(35)39)34(16-21-4-3-13-41-21)26(24-18-42-32-31-24)27(37)30-19-7-9-20(10-8-19)33-11-14-40-15-12-33/h1-10,13,18,26H,11-12,14-17H2,(H,30,37)/t26-/m1/s1. The van der Waals surface area contributed by atoms with Gasteiger partial charge < -0.3 is 24.3 Å². The number of nitrogens with zero attached hydrogens (tertiary/aromatic N) is 5. The molecule has 6 rings (SSSR count). The first-order valence-electron chi connectivity index (χ1n) is 13.3. The van der Waals surface area contributed by atoms with Gasteiger partial charge in [-0.05, 0) is 60.1 Å². The number of benzene rings is 2. The summed E-state index contributed by atoms with van der Waals surface area (Å²) in [5.41, 5.74) is 2.23.